The molecule has 4 rings (SSSR count). The Morgan fingerprint density at radius 1 is 1.10 bits per heavy atom. The minimum Gasteiger partial charge on any atom is -0.465 e. The molecule has 0 saturated heterocycles. The van der Waals surface area contributed by atoms with Crippen LogP contribution < -0.4 is 10.5 Å². The lowest BCUT2D eigenvalue weighted by Crippen LogP contribution is -2.42. The smallest absolute Gasteiger partial charge is 0.417 e. The maximum Gasteiger partial charge on any atom is 0.417 e. The van der Waals surface area contributed by atoms with E-state index in [2.05, 4.69) is 15.3 Å². The number of nitrogens with zero attached hydrogens (tertiary/aromatic N) is 4. The molecular formula is C25H26F3N6O6S. The second-order valence-corrected chi connectivity index (χ2v) is 12.2. The number of nitrogens with one attached hydrogen (secondary N) is 1. The number of carbonyl (C=O) groups is 3. The molecule has 4 N–H and O–H groups in total. The van der Waals surface area contributed by atoms with E-state index in [1.807, 2.05) is 0 Å². The monoisotopic (exact) mass is 595 g/mol. The van der Waals surface area contributed by atoms with Gasteiger partial charge >= 0.3 is 12.3 Å². The van der Waals surface area contributed by atoms with Gasteiger partial charge in [0, 0.05) is 43.9 Å². The van der Waals surface area contributed by atoms with Crippen molar-refractivity contribution in [1.29, 1.82) is 0 Å². The summed E-state index contributed by atoms with van der Waals surface area (Å²) in [6, 6.07) is 2.05. The first-order valence-electron chi connectivity index (χ1n) is 12.1. The lowest BCUT2D eigenvalue weighted by molar-refractivity contribution is -0.137. The second kappa shape index (κ2) is 10.4. The van der Waals surface area contributed by atoms with Crippen LogP contribution in [0.25, 0.3) is 0 Å². The summed E-state index contributed by atoms with van der Waals surface area (Å²) in [5.41, 5.74) is -1.39. The summed E-state index contributed by atoms with van der Waals surface area (Å²) >= 11 is 0. The zero-order valence-corrected chi connectivity index (χ0v) is 22.9. The Kier molecular flexibility index (Phi) is 7.60. The normalized spacial score (nSPS) is 17.6. The van der Waals surface area contributed by atoms with Crippen LogP contribution in [0.15, 0.2) is 46.6 Å². The van der Waals surface area contributed by atoms with Gasteiger partial charge in [0.15, 0.2) is 0 Å². The predicted octanol–water partition coefficient (Wildman–Crippen LogP) is 2.49. The molecule has 12 nitrogen and oxygen atoms in total. The number of amides is 3. The number of sulfonamides is 1. The summed E-state index contributed by atoms with van der Waals surface area (Å²) in [4.78, 5) is 47.8. The fraction of sp³-hybridized carbons (Fsp3) is 0.360. The molecule has 0 bridgehead atoms. The van der Waals surface area contributed by atoms with E-state index in [1.54, 1.807) is 20.8 Å². The van der Waals surface area contributed by atoms with Crippen LogP contribution in [0.3, 0.4) is 0 Å². The fourth-order valence-corrected chi connectivity index (χ4v) is 4.78. The molecule has 41 heavy (non-hydrogen) atoms. The molecule has 2 aromatic rings. The van der Waals surface area contributed by atoms with Crippen LogP contribution in [0.4, 0.5) is 23.7 Å². The highest BCUT2D eigenvalue weighted by Gasteiger charge is 2.43. The summed E-state index contributed by atoms with van der Waals surface area (Å²) < 4.78 is 63.6. The van der Waals surface area contributed by atoms with Crippen LogP contribution in [0.2, 0.25) is 0 Å². The fourth-order valence-electron chi connectivity index (χ4n) is 4.32. The Morgan fingerprint density at radius 2 is 1.78 bits per heavy atom. The second-order valence-electron chi connectivity index (χ2n) is 10.6. The van der Waals surface area contributed by atoms with E-state index in [4.69, 9.17) is 5.14 Å². The van der Waals surface area contributed by atoms with Gasteiger partial charge in [0.2, 0.25) is 15.9 Å². The summed E-state index contributed by atoms with van der Waals surface area (Å²) in [6.45, 7) is 4.64. The Hall–Kier alpha value is -4.05. The first-order chi connectivity index (χ1) is 18.9. The molecule has 0 fully saturated rings. The molecule has 16 heteroatoms. The van der Waals surface area contributed by atoms with Gasteiger partial charge in [-0.05, 0) is 29.3 Å². The van der Waals surface area contributed by atoms with Crippen LogP contribution in [-0.2, 0) is 21.0 Å². The number of aromatic nitrogens is 2. The number of hydrogen-bond acceptors (Lipinski definition) is 7. The number of hydrogen-bond donors (Lipinski definition) is 3. The number of alkyl halides is 3. The molecular weight excluding hydrogens is 569 g/mol. The topological polar surface area (TPSA) is 176 Å². The molecule has 0 saturated carbocycles. The number of pyridine rings is 2. The standard InChI is InChI=1S/C25H26F3N6O6S/c1-24(2,3)22(36)32-19-6-14(25(26,27)28)8-30-18(19)7-20-16-12-33(23(37)38)10-13(16)11-34(20)21(35)17-5-4-15(9-31-17)41(29,39)40/h4-9,20H,10-12H2,1-3H3,(H,32,36)(H,37,38)(H2,29,39,40). The van der Waals surface area contributed by atoms with E-state index < -0.39 is 51.1 Å². The highest BCUT2D eigenvalue weighted by Crippen LogP contribution is 2.37. The molecule has 0 aliphatic carbocycles. The van der Waals surface area contributed by atoms with Crippen LogP contribution in [-0.4, -0.2) is 76.9 Å². The number of rotatable bonds is 5. The molecule has 3 amide bonds. The quantitative estimate of drug-likeness (QED) is 0.442. The van der Waals surface area contributed by atoms with Gasteiger partial charge in [0.1, 0.15) is 10.6 Å². The van der Waals surface area contributed by atoms with Gasteiger partial charge in [-0.3, -0.25) is 14.6 Å². The molecule has 2 aliphatic rings. The zero-order valence-electron chi connectivity index (χ0n) is 22.1. The Labute approximate surface area is 233 Å². The Morgan fingerprint density at radius 3 is 2.32 bits per heavy atom. The number of halogens is 3. The van der Waals surface area contributed by atoms with Gasteiger partial charge in [0.25, 0.3) is 5.91 Å². The third kappa shape index (κ3) is 6.32. The number of carboxylic acid groups (broad SMARTS) is 1. The number of anilines is 1. The van der Waals surface area contributed by atoms with E-state index in [0.717, 1.165) is 29.3 Å². The third-order valence-corrected chi connectivity index (χ3v) is 7.46. The number of carbonyl (C=O) groups excluding carboxylic acids is 2. The SMILES string of the molecule is CC(C)(C)C(=O)Nc1cc(C(F)(F)F)cnc1[CH]C1C2=C(CN(C(=O)O)C2)CN1C(=O)c1ccc(S(N)(=O)=O)cn1. The molecule has 4 heterocycles. The summed E-state index contributed by atoms with van der Waals surface area (Å²) in [5.74, 6) is -1.24. The highest BCUT2D eigenvalue weighted by atomic mass is 32.2. The van der Waals surface area contributed by atoms with Crippen LogP contribution in [0.1, 0.15) is 42.5 Å². The van der Waals surface area contributed by atoms with Gasteiger partial charge in [-0.15, -0.1) is 0 Å². The molecule has 0 spiro atoms. The van der Waals surface area contributed by atoms with Crippen molar-refractivity contribution in [2.24, 2.45) is 10.6 Å². The van der Waals surface area contributed by atoms with E-state index in [9.17, 15) is 41.1 Å². The van der Waals surface area contributed by atoms with E-state index >= 15 is 0 Å². The maximum absolute atomic E-state index is 13.5. The van der Waals surface area contributed by atoms with Crippen molar-refractivity contribution in [3.63, 3.8) is 0 Å². The first-order valence-corrected chi connectivity index (χ1v) is 13.6. The van der Waals surface area contributed by atoms with Crippen molar-refractivity contribution in [2.75, 3.05) is 25.0 Å². The van der Waals surface area contributed by atoms with Crippen LogP contribution in [0, 0.1) is 11.8 Å². The average molecular weight is 596 g/mol. The summed E-state index contributed by atoms with van der Waals surface area (Å²) in [7, 11) is -4.07. The highest BCUT2D eigenvalue weighted by molar-refractivity contribution is 7.89. The third-order valence-electron chi connectivity index (χ3n) is 6.56. The van der Waals surface area contributed by atoms with Gasteiger partial charge in [0.05, 0.1) is 23.0 Å². The van der Waals surface area contributed by atoms with Gasteiger partial charge < -0.3 is 20.2 Å². The molecule has 1 unspecified atom stereocenters. The number of primary sulfonamides is 1. The largest absolute Gasteiger partial charge is 0.465 e. The Balaban J connectivity index is 1.72. The maximum atomic E-state index is 13.5. The Bertz CT molecular complexity index is 1550. The average Bonchev–Trinajstić information content (AvgIpc) is 3.42. The molecule has 1 radical (unpaired) electrons. The van der Waals surface area contributed by atoms with Crippen molar-refractivity contribution in [2.45, 2.75) is 37.9 Å². The minimum atomic E-state index is -4.75. The van der Waals surface area contributed by atoms with Gasteiger partial charge in [-0.25, -0.2) is 23.3 Å². The van der Waals surface area contributed by atoms with Crippen molar-refractivity contribution in [3.05, 3.63) is 65.1 Å². The molecule has 2 aromatic heterocycles. The lowest BCUT2D eigenvalue weighted by Gasteiger charge is -2.29. The van der Waals surface area contributed by atoms with Crippen LogP contribution in [0.5, 0.6) is 0 Å². The molecule has 219 valence electrons. The van der Waals surface area contributed by atoms with E-state index in [0.29, 0.717) is 17.3 Å². The lowest BCUT2D eigenvalue weighted by atomic mass is 9.95. The molecule has 2 aliphatic heterocycles. The molecule has 1 atom stereocenters. The molecule has 0 aromatic carbocycles. The predicted molar refractivity (Wildman–Crippen MR) is 138 cm³/mol. The summed E-state index contributed by atoms with van der Waals surface area (Å²) in [6.07, 6.45) is -3.05. The van der Waals surface area contributed by atoms with Crippen molar-refractivity contribution >= 4 is 33.6 Å². The van der Waals surface area contributed by atoms with Crippen LogP contribution >= 0.6 is 0 Å². The van der Waals surface area contributed by atoms with Gasteiger partial charge in [-0.1, -0.05) is 20.8 Å². The van der Waals surface area contributed by atoms with Gasteiger partial charge in [-0.2, -0.15) is 13.2 Å². The van der Waals surface area contributed by atoms with Crippen molar-refractivity contribution in [1.82, 2.24) is 19.8 Å². The van der Waals surface area contributed by atoms with Crippen molar-refractivity contribution < 1.29 is 41.1 Å². The zero-order chi connectivity index (χ0) is 30.5. The first kappa shape index (κ1) is 29.9. The van der Waals surface area contributed by atoms with E-state index in [-0.39, 0.29) is 41.6 Å². The minimum absolute atomic E-state index is 0.00459. The van der Waals surface area contributed by atoms with E-state index in [1.165, 1.54) is 11.3 Å². The van der Waals surface area contributed by atoms with Crippen molar-refractivity contribution in [3.8, 4) is 0 Å². The summed E-state index contributed by atoms with van der Waals surface area (Å²) in [5, 5.41) is 17.1. The number of nitrogens with two attached hydrogens (primary N) is 1.